The number of hydrogen-bond acceptors (Lipinski definition) is 5. The first-order chi connectivity index (χ1) is 7.39. The summed E-state index contributed by atoms with van der Waals surface area (Å²) in [6.07, 6.45) is 0.289. The van der Waals surface area contributed by atoms with E-state index in [1.54, 1.807) is 14.2 Å². The van der Waals surface area contributed by atoms with Crippen molar-refractivity contribution in [1.29, 1.82) is 0 Å². The lowest BCUT2D eigenvalue weighted by atomic mass is 10.2. The molecule has 1 atom stereocenters. The van der Waals surface area contributed by atoms with Gasteiger partial charge in [-0.25, -0.2) is 0 Å². The van der Waals surface area contributed by atoms with Crippen molar-refractivity contribution >= 4 is 5.97 Å². The normalized spacial score (nSPS) is 13.6. The van der Waals surface area contributed by atoms with Crippen molar-refractivity contribution in [3.63, 3.8) is 0 Å². The number of esters is 1. The quantitative estimate of drug-likeness (QED) is 0.403. The topological polar surface area (TPSA) is 56.8 Å². The predicted molar refractivity (Wildman–Crippen MR) is 61.1 cm³/mol. The van der Waals surface area contributed by atoms with Crippen LogP contribution in [-0.4, -0.2) is 45.2 Å². The highest BCUT2D eigenvalue weighted by Gasteiger charge is 2.19. The molecule has 0 spiro atoms. The smallest absolute Gasteiger partial charge is 0.307 e. The number of rotatable bonds is 7. The average Bonchev–Trinajstić information content (AvgIpc) is 2.13. The highest BCUT2D eigenvalue weighted by Crippen LogP contribution is 2.09. The third-order valence-corrected chi connectivity index (χ3v) is 1.76. The van der Waals surface area contributed by atoms with Crippen LogP contribution in [-0.2, 0) is 19.0 Å². The summed E-state index contributed by atoms with van der Waals surface area (Å²) < 4.78 is 15.1. The molecule has 0 unspecified atom stereocenters. The van der Waals surface area contributed by atoms with Crippen LogP contribution < -0.4 is 5.32 Å². The predicted octanol–water partition coefficient (Wildman–Crippen LogP) is 0.927. The Hall–Kier alpha value is -0.650. The maximum absolute atomic E-state index is 11.5. The highest BCUT2D eigenvalue weighted by atomic mass is 16.7. The third-order valence-electron chi connectivity index (χ3n) is 1.76. The number of likely N-dealkylation sites (N-methyl/N-ethyl adjacent to an activating group) is 1. The second kappa shape index (κ2) is 7.60. The lowest BCUT2D eigenvalue weighted by Gasteiger charge is -2.22. The van der Waals surface area contributed by atoms with Gasteiger partial charge in [-0.15, -0.1) is 0 Å². The van der Waals surface area contributed by atoms with Gasteiger partial charge in [-0.2, -0.15) is 0 Å². The monoisotopic (exact) mass is 233 g/mol. The van der Waals surface area contributed by atoms with Crippen LogP contribution >= 0.6 is 0 Å². The number of carbonyl (C=O) groups excluding carboxylic acids is 1. The molecule has 0 fully saturated rings. The number of methoxy groups -OCH3 is 1. The fourth-order valence-corrected chi connectivity index (χ4v) is 1.10. The van der Waals surface area contributed by atoms with Gasteiger partial charge in [0.2, 0.25) is 0 Å². The highest BCUT2D eigenvalue weighted by molar-refractivity contribution is 5.70. The molecule has 96 valence electrons. The molecule has 16 heavy (non-hydrogen) atoms. The Bertz CT molecular complexity index is 201. The molecule has 1 N–H and O–H groups in total. The average molecular weight is 233 g/mol. The van der Waals surface area contributed by atoms with Crippen LogP contribution in [0.15, 0.2) is 0 Å². The molecule has 0 bridgehead atoms. The Morgan fingerprint density at radius 3 is 2.44 bits per heavy atom. The van der Waals surface area contributed by atoms with Gasteiger partial charge in [0.1, 0.15) is 12.4 Å². The van der Waals surface area contributed by atoms with Gasteiger partial charge in [-0.1, -0.05) is 0 Å². The van der Waals surface area contributed by atoms with E-state index < -0.39 is 5.60 Å². The van der Waals surface area contributed by atoms with E-state index in [2.05, 4.69) is 5.32 Å². The van der Waals surface area contributed by atoms with E-state index in [0.29, 0.717) is 6.61 Å². The number of carbonyl (C=O) groups is 1. The fourth-order valence-electron chi connectivity index (χ4n) is 1.10. The summed E-state index contributed by atoms with van der Waals surface area (Å²) in [5, 5.41) is 3.00. The van der Waals surface area contributed by atoms with E-state index in [1.807, 2.05) is 20.8 Å². The molecule has 0 rings (SSSR count). The van der Waals surface area contributed by atoms with Gasteiger partial charge in [-0.05, 0) is 27.8 Å². The molecule has 0 aromatic carbocycles. The van der Waals surface area contributed by atoms with E-state index in [0.717, 1.165) is 0 Å². The molecule has 0 heterocycles. The molecular formula is C11H23NO4. The molecule has 0 radical (unpaired) electrons. The number of ether oxygens (including phenoxy) is 3. The van der Waals surface area contributed by atoms with Gasteiger partial charge in [0, 0.05) is 13.2 Å². The van der Waals surface area contributed by atoms with Crippen LogP contribution in [0.25, 0.3) is 0 Å². The van der Waals surface area contributed by atoms with E-state index in [-0.39, 0.29) is 25.2 Å². The lowest BCUT2D eigenvalue weighted by Crippen LogP contribution is -2.35. The number of nitrogens with one attached hydrogen (secondary N) is 1. The molecular weight excluding hydrogens is 210 g/mol. The van der Waals surface area contributed by atoms with E-state index in [4.69, 9.17) is 14.2 Å². The van der Waals surface area contributed by atoms with Gasteiger partial charge >= 0.3 is 5.97 Å². The number of hydrogen-bond donors (Lipinski definition) is 1. The van der Waals surface area contributed by atoms with Crippen molar-refractivity contribution < 1.29 is 19.0 Å². The van der Waals surface area contributed by atoms with Gasteiger partial charge in [0.05, 0.1) is 13.0 Å². The van der Waals surface area contributed by atoms with Crippen molar-refractivity contribution in [3.05, 3.63) is 0 Å². The molecule has 0 amide bonds. The molecule has 0 aromatic heterocycles. The summed E-state index contributed by atoms with van der Waals surface area (Å²) in [5.74, 6) is -0.229. The zero-order valence-electron chi connectivity index (χ0n) is 10.8. The molecule has 0 saturated heterocycles. The van der Waals surface area contributed by atoms with E-state index in [9.17, 15) is 4.79 Å². The van der Waals surface area contributed by atoms with Crippen LogP contribution in [0.4, 0.5) is 0 Å². The Morgan fingerprint density at radius 2 is 2.00 bits per heavy atom. The summed E-state index contributed by atoms with van der Waals surface area (Å²) >= 11 is 0. The first-order valence-corrected chi connectivity index (χ1v) is 5.35. The molecule has 0 aliphatic carbocycles. The second-order valence-corrected chi connectivity index (χ2v) is 4.55. The third kappa shape index (κ3) is 8.64. The summed E-state index contributed by atoms with van der Waals surface area (Å²) in [6.45, 7) is 6.19. The Morgan fingerprint density at radius 1 is 1.38 bits per heavy atom. The summed E-state index contributed by atoms with van der Waals surface area (Å²) in [5.41, 5.74) is -0.442. The van der Waals surface area contributed by atoms with Crippen molar-refractivity contribution in [2.24, 2.45) is 0 Å². The summed E-state index contributed by atoms with van der Waals surface area (Å²) in [4.78, 5) is 11.5. The maximum atomic E-state index is 11.5. The van der Waals surface area contributed by atoms with Gasteiger partial charge < -0.3 is 19.5 Å². The van der Waals surface area contributed by atoms with Crippen molar-refractivity contribution in [2.45, 2.75) is 38.8 Å². The SMILES string of the molecule is CN[C@H](COCOC)CC(=O)OC(C)(C)C. The molecule has 0 saturated carbocycles. The van der Waals surface area contributed by atoms with Gasteiger partial charge in [0.25, 0.3) is 0 Å². The molecule has 5 nitrogen and oxygen atoms in total. The Labute approximate surface area is 97.4 Å². The minimum absolute atomic E-state index is 0.0509. The second-order valence-electron chi connectivity index (χ2n) is 4.55. The van der Waals surface area contributed by atoms with Crippen molar-refractivity contribution in [3.8, 4) is 0 Å². The zero-order chi connectivity index (χ0) is 12.6. The Kier molecular flexibility index (Phi) is 7.29. The first kappa shape index (κ1) is 15.3. The molecule has 0 aliphatic rings. The van der Waals surface area contributed by atoms with Crippen molar-refractivity contribution in [2.75, 3.05) is 27.6 Å². The fraction of sp³-hybridized carbons (Fsp3) is 0.909. The zero-order valence-corrected chi connectivity index (χ0v) is 10.8. The van der Waals surface area contributed by atoms with E-state index >= 15 is 0 Å². The molecule has 5 heteroatoms. The van der Waals surface area contributed by atoms with Crippen LogP contribution in [0, 0.1) is 0 Å². The van der Waals surface area contributed by atoms with Crippen LogP contribution in [0.3, 0.4) is 0 Å². The van der Waals surface area contributed by atoms with Crippen molar-refractivity contribution in [1.82, 2.24) is 5.32 Å². The molecule has 0 aromatic rings. The summed E-state index contributed by atoms with van der Waals surface area (Å²) in [7, 11) is 3.34. The van der Waals surface area contributed by atoms with Gasteiger partial charge in [0.15, 0.2) is 0 Å². The van der Waals surface area contributed by atoms with Gasteiger partial charge in [-0.3, -0.25) is 4.79 Å². The lowest BCUT2D eigenvalue weighted by molar-refractivity contribution is -0.156. The van der Waals surface area contributed by atoms with Crippen LogP contribution in [0.2, 0.25) is 0 Å². The minimum Gasteiger partial charge on any atom is -0.460 e. The maximum Gasteiger partial charge on any atom is 0.307 e. The van der Waals surface area contributed by atoms with E-state index in [1.165, 1.54) is 0 Å². The first-order valence-electron chi connectivity index (χ1n) is 5.35. The van der Waals surface area contributed by atoms with Crippen LogP contribution in [0.1, 0.15) is 27.2 Å². The molecule has 0 aliphatic heterocycles. The summed E-state index contributed by atoms with van der Waals surface area (Å²) in [6, 6.07) is -0.0509. The minimum atomic E-state index is -0.442. The largest absolute Gasteiger partial charge is 0.460 e. The van der Waals surface area contributed by atoms with Crippen LogP contribution in [0.5, 0.6) is 0 Å². The standard InChI is InChI=1S/C11H23NO4/c1-11(2,3)16-10(13)6-9(12-4)7-15-8-14-5/h9,12H,6-8H2,1-5H3/t9-/m0/s1. The Balaban J connectivity index is 3.88.